The molecule has 1 saturated carbocycles. The van der Waals surface area contributed by atoms with E-state index in [2.05, 4.69) is 0 Å². The third-order valence-electron chi connectivity index (χ3n) is 4.37. The summed E-state index contributed by atoms with van der Waals surface area (Å²) in [5, 5.41) is 9.09. The number of aliphatic hydroxyl groups is 1. The summed E-state index contributed by atoms with van der Waals surface area (Å²) in [5.41, 5.74) is -9.76. The van der Waals surface area contributed by atoms with Crippen molar-refractivity contribution in [2.45, 2.75) is 62.2 Å². The Labute approximate surface area is 128 Å². The Morgan fingerprint density at radius 3 is 1.50 bits per heavy atom. The van der Waals surface area contributed by atoms with E-state index in [0.29, 0.717) is 0 Å². The number of alkyl halides is 11. The molecule has 0 amide bonds. The summed E-state index contributed by atoms with van der Waals surface area (Å²) < 4.78 is 146. The quantitative estimate of drug-likeness (QED) is 0.690. The minimum Gasteiger partial charge on any atom is -0.373 e. The summed E-state index contributed by atoms with van der Waals surface area (Å²) in [6.07, 6.45) is -16.8. The summed E-state index contributed by atoms with van der Waals surface area (Å²) in [4.78, 5) is 0. The van der Waals surface area contributed by atoms with Crippen molar-refractivity contribution >= 4 is 0 Å². The highest BCUT2D eigenvalue weighted by Gasteiger charge is 2.84. The number of hydrogen-bond acceptors (Lipinski definition) is 1. The monoisotopic (exact) mass is 382 g/mol. The fourth-order valence-corrected chi connectivity index (χ4v) is 3.26. The number of halogens is 11. The van der Waals surface area contributed by atoms with Crippen LogP contribution in [0.1, 0.15) is 26.7 Å². The summed E-state index contributed by atoms with van der Waals surface area (Å²) in [5.74, 6) is -18.0. The standard InChI is InChI=1S/C12H13F11O/c1-3-8(15)4-5(9(16,17)6(8)7(2,13)14)10(24,11(18,19)20)12(21,22)23/h5-6,24H,3-4H2,1-2H3. The van der Waals surface area contributed by atoms with Crippen LogP contribution < -0.4 is 0 Å². The van der Waals surface area contributed by atoms with Crippen molar-refractivity contribution in [1.29, 1.82) is 0 Å². The first-order valence-corrected chi connectivity index (χ1v) is 6.57. The highest BCUT2D eigenvalue weighted by molar-refractivity contribution is 5.17. The highest BCUT2D eigenvalue weighted by atomic mass is 19.4. The lowest BCUT2D eigenvalue weighted by molar-refractivity contribution is -0.401. The van der Waals surface area contributed by atoms with E-state index in [9.17, 15) is 48.3 Å². The first-order chi connectivity index (χ1) is 10.3. The predicted molar refractivity (Wildman–Crippen MR) is 58.4 cm³/mol. The van der Waals surface area contributed by atoms with E-state index >= 15 is 0 Å². The molecule has 1 rings (SSSR count). The van der Waals surface area contributed by atoms with Gasteiger partial charge in [-0.3, -0.25) is 0 Å². The number of hydrogen-bond donors (Lipinski definition) is 1. The zero-order chi connectivity index (χ0) is 19.6. The molecule has 0 spiro atoms. The lowest BCUT2D eigenvalue weighted by Gasteiger charge is -2.40. The van der Waals surface area contributed by atoms with Crippen molar-refractivity contribution in [2.24, 2.45) is 11.8 Å². The SMILES string of the molecule is CCC1(F)CC(C(O)(C(F)(F)F)C(F)(F)F)C(F)(F)C1C(C)(F)F. The summed E-state index contributed by atoms with van der Waals surface area (Å²) >= 11 is 0. The van der Waals surface area contributed by atoms with E-state index in [4.69, 9.17) is 5.11 Å². The first-order valence-electron chi connectivity index (χ1n) is 6.57. The van der Waals surface area contributed by atoms with Gasteiger partial charge in [0, 0.05) is 0 Å². The fourth-order valence-electron chi connectivity index (χ4n) is 3.26. The Kier molecular flexibility index (Phi) is 4.73. The van der Waals surface area contributed by atoms with E-state index in [-0.39, 0.29) is 6.92 Å². The lowest BCUT2D eigenvalue weighted by atomic mass is 9.80. The van der Waals surface area contributed by atoms with Crippen LogP contribution in [0.3, 0.4) is 0 Å². The van der Waals surface area contributed by atoms with Crippen LogP contribution in [-0.4, -0.2) is 40.6 Å². The Hall–Kier alpha value is -0.810. The second-order valence-corrected chi connectivity index (χ2v) is 5.97. The van der Waals surface area contributed by atoms with Crippen LogP contribution in [0, 0.1) is 11.8 Å². The molecule has 3 unspecified atom stereocenters. The van der Waals surface area contributed by atoms with Gasteiger partial charge in [0.1, 0.15) is 11.6 Å². The normalized spacial score (nSPS) is 32.2. The van der Waals surface area contributed by atoms with Gasteiger partial charge < -0.3 is 5.11 Å². The zero-order valence-electron chi connectivity index (χ0n) is 12.2. The third-order valence-corrected chi connectivity index (χ3v) is 4.37. The molecule has 1 aliphatic rings. The second kappa shape index (κ2) is 5.34. The molecule has 12 heteroatoms. The maximum absolute atomic E-state index is 14.4. The summed E-state index contributed by atoms with van der Waals surface area (Å²) in [6, 6.07) is 0. The van der Waals surface area contributed by atoms with Crippen LogP contribution in [0.5, 0.6) is 0 Å². The van der Waals surface area contributed by atoms with Gasteiger partial charge in [0.25, 0.3) is 17.4 Å². The van der Waals surface area contributed by atoms with Gasteiger partial charge in [-0.15, -0.1) is 0 Å². The van der Waals surface area contributed by atoms with Crippen LogP contribution in [0.2, 0.25) is 0 Å². The first kappa shape index (κ1) is 21.2. The Morgan fingerprint density at radius 1 is 0.917 bits per heavy atom. The van der Waals surface area contributed by atoms with Crippen LogP contribution in [0.4, 0.5) is 48.3 Å². The maximum Gasteiger partial charge on any atom is 0.426 e. The van der Waals surface area contributed by atoms with E-state index in [0.717, 1.165) is 6.92 Å². The average Bonchev–Trinajstić information content (AvgIpc) is 2.52. The molecule has 0 aliphatic heterocycles. The van der Waals surface area contributed by atoms with E-state index in [1.807, 2.05) is 0 Å². The molecule has 3 atom stereocenters. The molecule has 0 heterocycles. The van der Waals surface area contributed by atoms with Crippen LogP contribution in [0.15, 0.2) is 0 Å². The van der Waals surface area contributed by atoms with E-state index in [1.165, 1.54) is 0 Å². The van der Waals surface area contributed by atoms with Gasteiger partial charge in [0.05, 0.1) is 5.92 Å². The van der Waals surface area contributed by atoms with Gasteiger partial charge in [0.15, 0.2) is 0 Å². The Bertz CT molecular complexity index is 461. The van der Waals surface area contributed by atoms with E-state index in [1.54, 1.807) is 0 Å². The zero-order valence-corrected chi connectivity index (χ0v) is 12.2. The van der Waals surface area contributed by atoms with Gasteiger partial charge >= 0.3 is 12.4 Å². The molecular formula is C12H13F11O. The highest BCUT2D eigenvalue weighted by Crippen LogP contribution is 2.65. The van der Waals surface area contributed by atoms with Crippen molar-refractivity contribution in [3.8, 4) is 0 Å². The second-order valence-electron chi connectivity index (χ2n) is 5.97. The van der Waals surface area contributed by atoms with Crippen molar-refractivity contribution in [3.05, 3.63) is 0 Å². The summed E-state index contributed by atoms with van der Waals surface area (Å²) in [7, 11) is 0. The minimum absolute atomic E-state index is 0.224. The van der Waals surface area contributed by atoms with Crippen molar-refractivity contribution in [2.75, 3.05) is 0 Å². The molecule has 1 N–H and O–H groups in total. The maximum atomic E-state index is 14.4. The largest absolute Gasteiger partial charge is 0.426 e. The molecule has 1 aliphatic carbocycles. The van der Waals surface area contributed by atoms with Crippen LogP contribution in [-0.2, 0) is 0 Å². The predicted octanol–water partition coefficient (Wildman–Crippen LogP) is 4.89. The Balaban J connectivity index is 3.66. The molecule has 144 valence electrons. The van der Waals surface area contributed by atoms with Crippen LogP contribution in [0.25, 0.3) is 0 Å². The van der Waals surface area contributed by atoms with Gasteiger partial charge in [-0.05, 0) is 19.8 Å². The average molecular weight is 382 g/mol. The van der Waals surface area contributed by atoms with Gasteiger partial charge in [-0.25, -0.2) is 22.0 Å². The van der Waals surface area contributed by atoms with Gasteiger partial charge in [-0.2, -0.15) is 26.3 Å². The molecule has 0 bridgehead atoms. The fraction of sp³-hybridized carbons (Fsp3) is 1.00. The van der Waals surface area contributed by atoms with Crippen molar-refractivity contribution in [1.82, 2.24) is 0 Å². The molecule has 0 radical (unpaired) electrons. The number of rotatable bonds is 3. The van der Waals surface area contributed by atoms with Gasteiger partial charge in [0.2, 0.25) is 0 Å². The van der Waals surface area contributed by atoms with Crippen molar-refractivity contribution < 1.29 is 53.4 Å². The van der Waals surface area contributed by atoms with E-state index < -0.39 is 60.1 Å². The van der Waals surface area contributed by atoms with Crippen molar-refractivity contribution in [3.63, 3.8) is 0 Å². The minimum atomic E-state index is -6.67. The summed E-state index contributed by atoms with van der Waals surface area (Å²) in [6.45, 7) is 0.510. The topological polar surface area (TPSA) is 20.2 Å². The molecule has 1 nitrogen and oxygen atoms in total. The molecule has 0 aromatic heterocycles. The lowest BCUT2D eigenvalue weighted by Crippen LogP contribution is -2.65. The van der Waals surface area contributed by atoms with Crippen LogP contribution >= 0.6 is 0 Å². The molecular weight excluding hydrogens is 369 g/mol. The molecule has 24 heavy (non-hydrogen) atoms. The molecule has 1 fully saturated rings. The smallest absolute Gasteiger partial charge is 0.373 e. The Morgan fingerprint density at radius 2 is 1.29 bits per heavy atom. The molecule has 0 saturated heterocycles. The molecule has 0 aromatic carbocycles. The van der Waals surface area contributed by atoms with Gasteiger partial charge in [-0.1, -0.05) is 6.92 Å². The molecule has 0 aromatic rings. The third kappa shape index (κ3) is 2.84.